The molecular weight excluding hydrogens is 425 g/mol. The number of hydrogen-bond acceptors (Lipinski definition) is 5. The Morgan fingerprint density at radius 2 is 1.56 bits per heavy atom. The highest BCUT2D eigenvalue weighted by atomic mass is 32.2. The zero-order valence-corrected chi connectivity index (χ0v) is 19.2. The van der Waals surface area contributed by atoms with Gasteiger partial charge in [0.25, 0.3) is 16.4 Å². The summed E-state index contributed by atoms with van der Waals surface area (Å²) in [6.07, 6.45) is 5.52. The lowest BCUT2D eigenvalue weighted by Crippen LogP contribution is -2.40. The number of aromatic nitrogens is 2. The lowest BCUT2D eigenvalue weighted by molar-refractivity contribution is -0.670. The van der Waals surface area contributed by atoms with E-state index in [1.165, 1.54) is 0 Å². The first kappa shape index (κ1) is 26.0. The van der Waals surface area contributed by atoms with Crippen LogP contribution in [0.25, 0.3) is 0 Å². The molecule has 0 spiro atoms. The number of hydrogen-bond donors (Lipinski definition) is 0. The van der Waals surface area contributed by atoms with Gasteiger partial charge in [0.1, 0.15) is 12.4 Å². The van der Waals surface area contributed by atoms with Gasteiger partial charge >= 0.3 is 5.51 Å². The fraction of sp³-hybridized carbons (Fsp3) is 0.769. The van der Waals surface area contributed by atoms with Crippen LogP contribution < -0.4 is 4.57 Å². The number of halogens is 3. The third kappa shape index (κ3) is 6.85. The number of aryl methyl sites for hydroxylation is 1. The summed E-state index contributed by atoms with van der Waals surface area (Å²) in [7, 11) is -5.13. The third-order valence-corrected chi connectivity index (χ3v) is 12.7. The zero-order valence-electron chi connectivity index (χ0n) is 16.6. The quantitative estimate of drug-likeness (QED) is 0.303. The summed E-state index contributed by atoms with van der Waals surface area (Å²) in [6.45, 7) is 10.9. The van der Waals surface area contributed by atoms with Crippen LogP contribution in [0.3, 0.4) is 0 Å². The molecule has 0 saturated carbocycles. The molecule has 0 amide bonds. The van der Waals surface area contributed by atoms with Gasteiger partial charge in [0.15, 0.2) is 18.4 Å². The van der Waals surface area contributed by atoms with E-state index in [1.54, 1.807) is 8.28 Å². The lowest BCUT2D eigenvalue weighted by atomic mass is 10.2. The maximum Gasteiger partial charge on any atom is 0.485 e. The predicted octanol–water partition coefficient (Wildman–Crippen LogP) is 2.08. The minimum atomic E-state index is -6.09. The molecule has 8 nitrogen and oxygen atoms in total. The molecule has 0 radical (unpaired) electrons. The van der Waals surface area contributed by atoms with Gasteiger partial charge in [-0.1, -0.05) is 20.8 Å². The van der Waals surface area contributed by atoms with E-state index in [4.69, 9.17) is 17.0 Å². The van der Waals surface area contributed by atoms with Crippen molar-refractivity contribution in [3.63, 3.8) is 0 Å². The van der Waals surface area contributed by atoms with E-state index >= 15 is 0 Å². The number of rotatable bonds is 3. The van der Waals surface area contributed by atoms with Crippen LogP contribution in [0.15, 0.2) is 22.7 Å². The first-order chi connectivity index (χ1) is 11.6. The Hall–Kier alpha value is -0.963. The van der Waals surface area contributed by atoms with Crippen molar-refractivity contribution in [2.45, 2.75) is 44.4 Å². The SMILES string of the molecule is CN(C)S(=O)(=N[Si](C)(C)C(C)(C)C)n1cc[n+](C)c1.O=S(=O)([O-])C(F)(F)F. The van der Waals surface area contributed by atoms with Crippen LogP contribution in [0.4, 0.5) is 13.2 Å². The van der Waals surface area contributed by atoms with Gasteiger partial charge in [-0.2, -0.15) is 21.7 Å². The average molecular weight is 453 g/mol. The van der Waals surface area contributed by atoms with Crippen LogP contribution in [-0.4, -0.2) is 53.3 Å². The molecule has 0 aliphatic carbocycles. The normalized spacial score (nSPS) is 15.7. The molecule has 0 bridgehead atoms. The second-order valence-electron chi connectivity index (χ2n) is 7.52. The van der Waals surface area contributed by atoms with Crippen molar-refractivity contribution in [1.82, 2.24) is 8.28 Å². The molecule has 0 saturated heterocycles. The Kier molecular flexibility index (Phi) is 7.89. The Balaban J connectivity index is 0.000000713. The Bertz CT molecular complexity index is 865. The van der Waals surface area contributed by atoms with Crippen LogP contribution in [-0.2, 0) is 27.3 Å². The van der Waals surface area contributed by atoms with E-state index in [-0.39, 0.29) is 5.04 Å². The molecule has 27 heavy (non-hydrogen) atoms. The standard InChI is InChI=1S/C12H27N4OSSi.CHF3O3S/c1-12(2,3)19(7,8)13-18(17,14(4)5)16-10-9-15(6)11-16;2-1(3,4)8(5,6)7/h9-11H,1-8H3;(H,5,6,7)/q+1;/p-1. The minimum absolute atomic E-state index is 0.0704. The molecule has 1 aromatic heterocycles. The first-order valence-corrected chi connectivity index (χ1v) is 13.5. The van der Waals surface area contributed by atoms with E-state index in [0.29, 0.717) is 0 Å². The second kappa shape index (κ2) is 8.19. The highest BCUT2D eigenvalue weighted by Gasteiger charge is 2.39. The lowest BCUT2D eigenvalue weighted by Gasteiger charge is -2.33. The molecule has 1 atom stereocenters. The van der Waals surface area contributed by atoms with Crippen LogP contribution in [0.5, 0.6) is 0 Å². The van der Waals surface area contributed by atoms with Gasteiger partial charge in [-0.05, 0) is 18.1 Å². The van der Waals surface area contributed by atoms with Crippen LogP contribution >= 0.6 is 0 Å². The highest BCUT2D eigenvalue weighted by Crippen LogP contribution is 2.37. The van der Waals surface area contributed by atoms with Gasteiger partial charge in [0, 0.05) is 14.1 Å². The van der Waals surface area contributed by atoms with Gasteiger partial charge in [-0.3, -0.25) is 0 Å². The van der Waals surface area contributed by atoms with E-state index < -0.39 is 34.0 Å². The van der Waals surface area contributed by atoms with Gasteiger partial charge in [-0.25, -0.2) is 17.0 Å². The molecule has 1 unspecified atom stereocenters. The maximum atomic E-state index is 13.3. The fourth-order valence-electron chi connectivity index (χ4n) is 1.32. The van der Waals surface area contributed by atoms with Crippen LogP contribution in [0.2, 0.25) is 18.1 Å². The van der Waals surface area contributed by atoms with Crippen molar-refractivity contribution < 1.29 is 34.9 Å². The maximum absolute atomic E-state index is 13.3. The van der Waals surface area contributed by atoms with Crippen LogP contribution in [0, 0.1) is 0 Å². The van der Waals surface area contributed by atoms with Gasteiger partial charge < -0.3 is 4.55 Å². The van der Waals surface area contributed by atoms with E-state index in [2.05, 4.69) is 33.9 Å². The Morgan fingerprint density at radius 3 is 1.78 bits per heavy atom. The molecule has 0 aliphatic heterocycles. The van der Waals surface area contributed by atoms with Crippen molar-refractivity contribution in [3.8, 4) is 0 Å². The van der Waals surface area contributed by atoms with Crippen molar-refractivity contribution in [2.75, 3.05) is 14.1 Å². The van der Waals surface area contributed by atoms with E-state index in [9.17, 15) is 17.4 Å². The summed E-state index contributed by atoms with van der Waals surface area (Å²) in [5.74, 6) is 0. The summed E-state index contributed by atoms with van der Waals surface area (Å²) in [6, 6.07) is 0. The van der Waals surface area contributed by atoms with E-state index in [0.717, 1.165) is 0 Å². The molecule has 14 heteroatoms. The van der Waals surface area contributed by atoms with Crippen molar-refractivity contribution in [1.29, 1.82) is 0 Å². The monoisotopic (exact) mass is 452 g/mol. The molecule has 1 aromatic rings. The van der Waals surface area contributed by atoms with Gasteiger partial charge in [0.2, 0.25) is 0 Å². The molecule has 0 N–H and O–H groups in total. The largest absolute Gasteiger partial charge is 0.741 e. The van der Waals surface area contributed by atoms with Crippen molar-refractivity contribution in [2.24, 2.45) is 11.1 Å². The van der Waals surface area contributed by atoms with E-state index in [1.807, 2.05) is 44.4 Å². The topological polar surface area (TPSA) is 98.7 Å². The van der Waals surface area contributed by atoms with Crippen LogP contribution in [0.1, 0.15) is 20.8 Å². The van der Waals surface area contributed by atoms with Gasteiger partial charge in [0.05, 0.1) is 7.05 Å². The predicted molar refractivity (Wildman–Crippen MR) is 98.2 cm³/mol. The zero-order chi connectivity index (χ0) is 22.1. The molecule has 160 valence electrons. The Labute approximate surface area is 160 Å². The highest BCUT2D eigenvalue weighted by molar-refractivity contribution is 7.90. The summed E-state index contributed by atoms with van der Waals surface area (Å²) in [4.78, 5) is 0. The molecule has 0 aliphatic rings. The second-order valence-corrected chi connectivity index (χ2v) is 16.3. The first-order valence-electron chi connectivity index (χ1n) is 7.67. The summed E-state index contributed by atoms with van der Waals surface area (Å²) in [5, 5.41) is 0.0704. The molecular formula is C13H27F3N4O4S2Si. The summed E-state index contributed by atoms with van der Waals surface area (Å²) < 4.78 is 82.4. The molecule has 0 aromatic carbocycles. The molecule has 0 fully saturated rings. The van der Waals surface area contributed by atoms with Gasteiger partial charge in [-0.15, -0.1) is 3.97 Å². The smallest absolute Gasteiger partial charge is 0.485 e. The fourth-order valence-corrected chi connectivity index (χ4v) is 6.69. The number of imidazole rings is 1. The summed E-state index contributed by atoms with van der Waals surface area (Å²) in [5.41, 5.74) is -5.65. The average Bonchev–Trinajstić information content (AvgIpc) is 2.82. The number of alkyl halides is 3. The number of nitrogens with zero attached hydrogens (tertiary/aromatic N) is 4. The molecule has 1 rings (SSSR count). The van der Waals surface area contributed by atoms with Crippen molar-refractivity contribution >= 4 is 28.5 Å². The molecule has 1 heterocycles. The minimum Gasteiger partial charge on any atom is -0.741 e. The Morgan fingerprint density at radius 1 is 1.15 bits per heavy atom. The summed E-state index contributed by atoms with van der Waals surface area (Å²) >= 11 is 0. The third-order valence-electron chi connectivity index (χ3n) is 3.96. The van der Waals surface area contributed by atoms with Crippen molar-refractivity contribution in [3.05, 3.63) is 18.7 Å².